The molecule has 3 rings (SSSR count). The minimum Gasteiger partial charge on any atom is -0.492 e. The summed E-state index contributed by atoms with van der Waals surface area (Å²) in [7, 11) is 1.59. The molecule has 1 aliphatic heterocycles. The molecular weight excluding hydrogens is 356 g/mol. The lowest BCUT2D eigenvalue weighted by Gasteiger charge is -2.40. The Bertz CT molecular complexity index is 767. The van der Waals surface area contributed by atoms with Crippen molar-refractivity contribution < 1.29 is 19.1 Å². The summed E-state index contributed by atoms with van der Waals surface area (Å²) in [6.45, 7) is 1.62. The summed E-state index contributed by atoms with van der Waals surface area (Å²) in [6.07, 6.45) is 0.486. The highest BCUT2D eigenvalue weighted by Crippen LogP contribution is 2.18. The largest absolute Gasteiger partial charge is 0.492 e. The van der Waals surface area contributed by atoms with Crippen molar-refractivity contribution in [2.45, 2.75) is 12.5 Å². The monoisotopic (exact) mass is 382 g/mol. The standard InChI is InChI=1S/C22H26N2O4/c1-27-14-12-23-17-21(25)24(13-15-28-19-10-6-3-7-11-19)20(22(23)26)16-18-8-4-2-5-9-18/h2-11,20H,12-17H2,1H3/t20-/m1/s1. The van der Waals surface area contributed by atoms with Crippen molar-refractivity contribution in [1.29, 1.82) is 0 Å². The fourth-order valence-electron chi connectivity index (χ4n) is 3.33. The Morgan fingerprint density at radius 2 is 1.61 bits per heavy atom. The van der Waals surface area contributed by atoms with E-state index in [4.69, 9.17) is 9.47 Å². The first kappa shape index (κ1) is 19.9. The van der Waals surface area contributed by atoms with Crippen LogP contribution in [-0.4, -0.2) is 67.6 Å². The molecule has 6 heteroatoms. The van der Waals surface area contributed by atoms with Gasteiger partial charge >= 0.3 is 0 Å². The highest BCUT2D eigenvalue weighted by molar-refractivity contribution is 5.95. The summed E-state index contributed by atoms with van der Waals surface area (Å²) in [4.78, 5) is 29.1. The number of rotatable bonds is 9. The maximum Gasteiger partial charge on any atom is 0.246 e. The number of piperazine rings is 1. The Morgan fingerprint density at radius 3 is 2.29 bits per heavy atom. The van der Waals surface area contributed by atoms with Gasteiger partial charge < -0.3 is 19.3 Å². The van der Waals surface area contributed by atoms with Crippen molar-refractivity contribution >= 4 is 11.8 Å². The van der Waals surface area contributed by atoms with Crippen molar-refractivity contribution in [3.63, 3.8) is 0 Å². The van der Waals surface area contributed by atoms with E-state index in [2.05, 4.69) is 0 Å². The molecule has 2 aromatic carbocycles. The fraction of sp³-hybridized carbons (Fsp3) is 0.364. The van der Waals surface area contributed by atoms with E-state index in [-0.39, 0.29) is 18.4 Å². The number of nitrogens with zero attached hydrogens (tertiary/aromatic N) is 2. The number of hydrogen-bond donors (Lipinski definition) is 0. The highest BCUT2D eigenvalue weighted by atomic mass is 16.5. The summed E-state index contributed by atoms with van der Waals surface area (Å²) in [5.41, 5.74) is 1.02. The molecule has 1 atom stereocenters. The van der Waals surface area contributed by atoms with Crippen LogP contribution in [0.15, 0.2) is 60.7 Å². The van der Waals surface area contributed by atoms with Gasteiger partial charge in [-0.15, -0.1) is 0 Å². The maximum absolute atomic E-state index is 13.1. The first-order valence-corrected chi connectivity index (χ1v) is 9.48. The molecule has 0 bridgehead atoms. The van der Waals surface area contributed by atoms with Gasteiger partial charge in [-0.25, -0.2) is 0 Å². The van der Waals surface area contributed by atoms with Crippen molar-refractivity contribution in [2.75, 3.05) is 40.0 Å². The lowest BCUT2D eigenvalue weighted by molar-refractivity contribution is -0.156. The molecule has 1 saturated heterocycles. The fourth-order valence-corrected chi connectivity index (χ4v) is 3.33. The first-order valence-electron chi connectivity index (χ1n) is 9.48. The topological polar surface area (TPSA) is 59.1 Å². The van der Waals surface area contributed by atoms with Gasteiger partial charge in [0.15, 0.2) is 0 Å². The van der Waals surface area contributed by atoms with Gasteiger partial charge in [0, 0.05) is 20.1 Å². The quantitative estimate of drug-likeness (QED) is 0.666. The Kier molecular flexibility index (Phi) is 7.03. The van der Waals surface area contributed by atoms with E-state index in [1.165, 1.54) is 0 Å². The van der Waals surface area contributed by atoms with Crippen molar-refractivity contribution in [3.05, 3.63) is 66.2 Å². The third-order valence-electron chi connectivity index (χ3n) is 4.80. The molecule has 1 aliphatic rings. The third kappa shape index (κ3) is 5.10. The van der Waals surface area contributed by atoms with Crippen LogP contribution < -0.4 is 4.74 Å². The van der Waals surface area contributed by atoms with Gasteiger partial charge in [0.05, 0.1) is 19.7 Å². The molecule has 0 aromatic heterocycles. The number of hydrogen-bond acceptors (Lipinski definition) is 4. The molecule has 28 heavy (non-hydrogen) atoms. The zero-order valence-electron chi connectivity index (χ0n) is 16.1. The van der Waals surface area contributed by atoms with E-state index >= 15 is 0 Å². The first-order chi connectivity index (χ1) is 13.7. The number of carbonyl (C=O) groups is 2. The van der Waals surface area contributed by atoms with Crippen LogP contribution in [0.5, 0.6) is 5.75 Å². The normalized spacial score (nSPS) is 17.1. The molecule has 0 radical (unpaired) electrons. The number of methoxy groups -OCH3 is 1. The molecule has 0 saturated carbocycles. The Labute approximate surface area is 165 Å². The van der Waals surface area contributed by atoms with Crippen LogP contribution >= 0.6 is 0 Å². The van der Waals surface area contributed by atoms with E-state index in [0.717, 1.165) is 11.3 Å². The third-order valence-corrected chi connectivity index (χ3v) is 4.80. The van der Waals surface area contributed by atoms with E-state index in [1.807, 2.05) is 60.7 Å². The van der Waals surface area contributed by atoms with Crippen LogP contribution in [0.25, 0.3) is 0 Å². The number of amides is 2. The molecule has 148 valence electrons. The van der Waals surface area contributed by atoms with E-state index in [9.17, 15) is 9.59 Å². The minimum absolute atomic E-state index is 0.0415. The SMILES string of the molecule is COCCN1CC(=O)N(CCOc2ccccc2)[C@H](Cc2ccccc2)C1=O. The predicted molar refractivity (Wildman–Crippen MR) is 106 cm³/mol. The summed E-state index contributed by atoms with van der Waals surface area (Å²) in [5.74, 6) is 0.646. The van der Waals surface area contributed by atoms with E-state index in [1.54, 1.807) is 16.9 Å². The Hall–Kier alpha value is -2.86. The average Bonchev–Trinajstić information content (AvgIpc) is 2.73. The summed E-state index contributed by atoms with van der Waals surface area (Å²) in [6, 6.07) is 18.7. The second-order valence-electron chi connectivity index (χ2n) is 6.71. The van der Waals surface area contributed by atoms with Crippen molar-refractivity contribution in [2.24, 2.45) is 0 Å². The number of para-hydroxylation sites is 1. The molecule has 0 N–H and O–H groups in total. The van der Waals surface area contributed by atoms with Gasteiger partial charge in [-0.2, -0.15) is 0 Å². The van der Waals surface area contributed by atoms with Gasteiger partial charge in [-0.1, -0.05) is 48.5 Å². The van der Waals surface area contributed by atoms with E-state index in [0.29, 0.717) is 32.7 Å². The van der Waals surface area contributed by atoms with Gasteiger partial charge in [-0.05, 0) is 17.7 Å². The van der Waals surface area contributed by atoms with Gasteiger partial charge in [-0.3, -0.25) is 9.59 Å². The number of carbonyl (C=O) groups excluding carboxylic acids is 2. The molecule has 2 amide bonds. The lowest BCUT2D eigenvalue weighted by atomic mass is 10.0. The zero-order chi connectivity index (χ0) is 19.8. The number of benzene rings is 2. The van der Waals surface area contributed by atoms with Crippen LogP contribution in [0.1, 0.15) is 5.56 Å². The van der Waals surface area contributed by atoms with Crippen LogP contribution in [0.3, 0.4) is 0 Å². The second-order valence-corrected chi connectivity index (χ2v) is 6.71. The van der Waals surface area contributed by atoms with Gasteiger partial charge in [0.25, 0.3) is 0 Å². The molecule has 1 fully saturated rings. The van der Waals surface area contributed by atoms with Crippen molar-refractivity contribution in [3.8, 4) is 5.75 Å². The second kappa shape index (κ2) is 9.90. The van der Waals surface area contributed by atoms with Gasteiger partial charge in [0.2, 0.25) is 11.8 Å². The van der Waals surface area contributed by atoms with Crippen LogP contribution in [0.4, 0.5) is 0 Å². The molecule has 0 aliphatic carbocycles. The predicted octanol–water partition coefficient (Wildman–Crippen LogP) is 1.99. The van der Waals surface area contributed by atoms with Crippen LogP contribution in [0.2, 0.25) is 0 Å². The zero-order valence-corrected chi connectivity index (χ0v) is 16.1. The summed E-state index contributed by atoms with van der Waals surface area (Å²) < 4.78 is 10.8. The maximum atomic E-state index is 13.1. The summed E-state index contributed by atoms with van der Waals surface area (Å²) >= 11 is 0. The molecule has 1 heterocycles. The Morgan fingerprint density at radius 1 is 0.929 bits per heavy atom. The summed E-state index contributed by atoms with van der Waals surface area (Å²) in [5, 5.41) is 0. The molecule has 6 nitrogen and oxygen atoms in total. The Balaban J connectivity index is 1.71. The average molecular weight is 382 g/mol. The number of ether oxygens (including phenoxy) is 2. The molecule has 0 spiro atoms. The van der Waals surface area contributed by atoms with Crippen LogP contribution in [0, 0.1) is 0 Å². The van der Waals surface area contributed by atoms with Crippen LogP contribution in [-0.2, 0) is 20.7 Å². The van der Waals surface area contributed by atoms with E-state index < -0.39 is 6.04 Å². The van der Waals surface area contributed by atoms with Gasteiger partial charge in [0.1, 0.15) is 18.4 Å². The lowest BCUT2D eigenvalue weighted by Crippen LogP contribution is -2.61. The molecule has 2 aromatic rings. The van der Waals surface area contributed by atoms with Crippen molar-refractivity contribution in [1.82, 2.24) is 9.80 Å². The molecule has 0 unspecified atom stereocenters. The molecular formula is C22H26N2O4. The highest BCUT2D eigenvalue weighted by Gasteiger charge is 2.38. The minimum atomic E-state index is -0.528. The smallest absolute Gasteiger partial charge is 0.246 e.